The first kappa shape index (κ1) is 22.6. The van der Waals surface area contributed by atoms with Crippen molar-refractivity contribution in [1.82, 2.24) is 14.6 Å². The van der Waals surface area contributed by atoms with Crippen LogP contribution in [0.3, 0.4) is 0 Å². The van der Waals surface area contributed by atoms with E-state index in [4.69, 9.17) is 4.98 Å². The predicted molar refractivity (Wildman–Crippen MR) is 129 cm³/mol. The Bertz CT molecular complexity index is 1150. The Labute approximate surface area is 193 Å². The highest BCUT2D eigenvalue weighted by Gasteiger charge is 2.29. The predicted octanol–water partition coefficient (Wildman–Crippen LogP) is 4.41. The summed E-state index contributed by atoms with van der Waals surface area (Å²) in [5, 5.41) is 0.815. The molecule has 6 nitrogen and oxygen atoms in total. The van der Waals surface area contributed by atoms with E-state index in [-0.39, 0.29) is 17.7 Å². The zero-order valence-electron chi connectivity index (χ0n) is 18.0. The molecule has 3 aromatic rings. The number of thiazole rings is 1. The number of likely N-dealkylation sites (tertiary alicyclic amines) is 1. The van der Waals surface area contributed by atoms with Gasteiger partial charge in [-0.15, -0.1) is 11.3 Å². The van der Waals surface area contributed by atoms with Crippen LogP contribution in [0.15, 0.2) is 60.7 Å². The van der Waals surface area contributed by atoms with Gasteiger partial charge in [0.2, 0.25) is 10.0 Å². The molecule has 1 N–H and O–H groups in total. The number of aromatic nitrogens is 1. The average molecular weight is 470 g/mol. The van der Waals surface area contributed by atoms with Gasteiger partial charge in [-0.2, -0.15) is 0 Å². The molecule has 0 saturated carbocycles. The maximum absolute atomic E-state index is 13.5. The quantitative estimate of drug-likeness (QED) is 0.556. The van der Waals surface area contributed by atoms with Crippen LogP contribution in [0.5, 0.6) is 0 Å². The van der Waals surface area contributed by atoms with Crippen molar-refractivity contribution in [1.29, 1.82) is 0 Å². The standard InChI is InChI=1S/C24H27N3O3S2/c1-2-17-32(29,30)26-20-13-15-27(16-14-20)24(28)22-21(18-9-5-3-6-10-18)25-23(31-22)19-11-7-4-8-12-19/h3-12,20,26H,2,13-17H2,1H3. The van der Waals surface area contributed by atoms with Gasteiger partial charge in [0.05, 0.1) is 11.4 Å². The Kier molecular flexibility index (Phi) is 7.03. The van der Waals surface area contributed by atoms with Crippen molar-refractivity contribution in [2.24, 2.45) is 0 Å². The number of nitrogens with zero attached hydrogens (tertiary/aromatic N) is 2. The van der Waals surface area contributed by atoms with Crippen molar-refractivity contribution in [3.05, 3.63) is 65.5 Å². The molecule has 0 radical (unpaired) electrons. The maximum Gasteiger partial charge on any atom is 0.266 e. The van der Waals surface area contributed by atoms with Crippen molar-refractivity contribution in [2.45, 2.75) is 32.2 Å². The number of hydrogen-bond donors (Lipinski definition) is 1. The number of amides is 1. The summed E-state index contributed by atoms with van der Waals surface area (Å²) in [5.74, 6) is 0.0915. The summed E-state index contributed by atoms with van der Waals surface area (Å²) >= 11 is 1.41. The topological polar surface area (TPSA) is 79.4 Å². The second-order valence-electron chi connectivity index (χ2n) is 7.93. The summed E-state index contributed by atoms with van der Waals surface area (Å²) in [6.07, 6.45) is 1.81. The van der Waals surface area contributed by atoms with Gasteiger partial charge in [-0.25, -0.2) is 18.1 Å². The summed E-state index contributed by atoms with van der Waals surface area (Å²) in [5.41, 5.74) is 2.60. The lowest BCUT2D eigenvalue weighted by molar-refractivity contribution is 0.0717. The van der Waals surface area contributed by atoms with Gasteiger partial charge in [-0.05, 0) is 19.3 Å². The van der Waals surface area contributed by atoms with E-state index in [1.807, 2.05) is 72.5 Å². The number of sulfonamides is 1. The molecule has 1 aliphatic heterocycles. The van der Waals surface area contributed by atoms with Gasteiger partial charge in [0, 0.05) is 30.3 Å². The van der Waals surface area contributed by atoms with E-state index in [0.717, 1.165) is 16.1 Å². The minimum atomic E-state index is -3.25. The number of carbonyl (C=O) groups excluding carboxylic acids is 1. The molecule has 2 aromatic carbocycles. The Morgan fingerprint density at radius 1 is 1.03 bits per heavy atom. The Hall–Kier alpha value is -2.55. The van der Waals surface area contributed by atoms with Crippen LogP contribution in [0, 0.1) is 0 Å². The minimum absolute atomic E-state index is 0.0431. The van der Waals surface area contributed by atoms with Crippen molar-refractivity contribution >= 4 is 27.3 Å². The van der Waals surface area contributed by atoms with E-state index in [9.17, 15) is 13.2 Å². The van der Waals surface area contributed by atoms with Crippen LogP contribution in [0.4, 0.5) is 0 Å². The second kappa shape index (κ2) is 9.94. The van der Waals surface area contributed by atoms with E-state index in [0.29, 0.717) is 42.9 Å². The molecule has 1 aliphatic rings. The van der Waals surface area contributed by atoms with Crippen LogP contribution in [0.2, 0.25) is 0 Å². The van der Waals surface area contributed by atoms with Gasteiger partial charge in [0.1, 0.15) is 9.88 Å². The molecule has 0 unspecified atom stereocenters. The molecule has 1 aromatic heterocycles. The lowest BCUT2D eigenvalue weighted by Gasteiger charge is -2.32. The Morgan fingerprint density at radius 2 is 1.62 bits per heavy atom. The Balaban J connectivity index is 1.55. The van der Waals surface area contributed by atoms with Gasteiger partial charge < -0.3 is 4.90 Å². The molecular weight excluding hydrogens is 442 g/mol. The maximum atomic E-state index is 13.5. The zero-order valence-corrected chi connectivity index (χ0v) is 19.7. The lowest BCUT2D eigenvalue weighted by Crippen LogP contribution is -2.46. The van der Waals surface area contributed by atoms with Crippen LogP contribution in [-0.2, 0) is 10.0 Å². The van der Waals surface area contributed by atoms with Crippen molar-refractivity contribution < 1.29 is 13.2 Å². The van der Waals surface area contributed by atoms with Gasteiger partial charge in [0.15, 0.2) is 0 Å². The molecule has 2 heterocycles. The van der Waals surface area contributed by atoms with Crippen LogP contribution >= 0.6 is 11.3 Å². The van der Waals surface area contributed by atoms with Gasteiger partial charge in [-0.3, -0.25) is 4.79 Å². The molecule has 8 heteroatoms. The second-order valence-corrected chi connectivity index (χ2v) is 10.8. The molecule has 0 atom stereocenters. The molecule has 1 fully saturated rings. The van der Waals surface area contributed by atoms with Crippen LogP contribution in [0.1, 0.15) is 35.9 Å². The average Bonchev–Trinajstić information content (AvgIpc) is 3.25. The zero-order chi connectivity index (χ0) is 22.6. The molecule has 0 aliphatic carbocycles. The highest BCUT2D eigenvalue weighted by Crippen LogP contribution is 2.35. The summed E-state index contributed by atoms with van der Waals surface area (Å²) < 4.78 is 26.9. The van der Waals surface area contributed by atoms with Gasteiger partial charge >= 0.3 is 0 Å². The Morgan fingerprint density at radius 3 is 2.22 bits per heavy atom. The van der Waals surface area contributed by atoms with E-state index in [1.165, 1.54) is 11.3 Å². The molecule has 1 amide bonds. The van der Waals surface area contributed by atoms with E-state index >= 15 is 0 Å². The largest absolute Gasteiger partial charge is 0.338 e. The van der Waals surface area contributed by atoms with Gasteiger partial charge in [-0.1, -0.05) is 67.6 Å². The fourth-order valence-corrected chi connectivity index (χ4v) is 6.35. The fourth-order valence-electron chi connectivity index (χ4n) is 3.89. The van der Waals surface area contributed by atoms with Crippen LogP contribution < -0.4 is 4.72 Å². The number of carbonyl (C=O) groups is 1. The SMILES string of the molecule is CCCS(=O)(=O)NC1CCN(C(=O)c2sc(-c3ccccc3)nc2-c2ccccc2)CC1. The van der Waals surface area contributed by atoms with Crippen molar-refractivity contribution in [3.8, 4) is 21.8 Å². The number of hydrogen-bond acceptors (Lipinski definition) is 5. The molecule has 0 spiro atoms. The summed E-state index contributed by atoms with van der Waals surface area (Å²) in [7, 11) is -3.25. The number of piperidine rings is 1. The highest BCUT2D eigenvalue weighted by molar-refractivity contribution is 7.89. The summed E-state index contributed by atoms with van der Waals surface area (Å²) in [6.45, 7) is 2.89. The monoisotopic (exact) mass is 469 g/mol. The van der Waals surface area contributed by atoms with Crippen LogP contribution in [0.25, 0.3) is 21.8 Å². The number of rotatable bonds is 7. The first-order chi connectivity index (χ1) is 15.5. The molecular formula is C24H27N3O3S2. The van der Waals surface area contributed by atoms with Crippen molar-refractivity contribution in [2.75, 3.05) is 18.8 Å². The smallest absolute Gasteiger partial charge is 0.266 e. The lowest BCUT2D eigenvalue weighted by atomic mass is 10.1. The fraction of sp³-hybridized carbons (Fsp3) is 0.333. The first-order valence-electron chi connectivity index (χ1n) is 10.9. The van der Waals surface area contributed by atoms with Crippen molar-refractivity contribution in [3.63, 3.8) is 0 Å². The highest BCUT2D eigenvalue weighted by atomic mass is 32.2. The number of nitrogens with one attached hydrogen (secondary N) is 1. The minimum Gasteiger partial charge on any atom is -0.338 e. The first-order valence-corrected chi connectivity index (χ1v) is 13.3. The third-order valence-electron chi connectivity index (χ3n) is 5.49. The molecule has 32 heavy (non-hydrogen) atoms. The third kappa shape index (κ3) is 5.26. The van der Waals surface area contributed by atoms with Gasteiger partial charge in [0.25, 0.3) is 5.91 Å². The number of benzene rings is 2. The summed E-state index contributed by atoms with van der Waals surface area (Å²) in [6, 6.07) is 19.5. The molecule has 4 rings (SSSR count). The van der Waals surface area contributed by atoms with E-state index in [1.54, 1.807) is 0 Å². The summed E-state index contributed by atoms with van der Waals surface area (Å²) in [4.78, 5) is 20.8. The third-order valence-corrected chi connectivity index (χ3v) is 8.22. The normalized spacial score (nSPS) is 15.1. The molecule has 0 bridgehead atoms. The van der Waals surface area contributed by atoms with E-state index < -0.39 is 10.0 Å². The molecule has 168 valence electrons. The van der Waals surface area contributed by atoms with E-state index in [2.05, 4.69) is 4.72 Å². The molecule has 1 saturated heterocycles. The van der Waals surface area contributed by atoms with Crippen LogP contribution in [-0.4, -0.2) is 49.1 Å².